The molecule has 1 aromatic carbocycles. The molecule has 0 spiro atoms. The zero-order chi connectivity index (χ0) is 16.6. The van der Waals surface area contributed by atoms with Gasteiger partial charge in [0.2, 0.25) is 0 Å². The third-order valence-electron chi connectivity index (χ3n) is 3.34. The molecule has 9 nitrogen and oxygen atoms in total. The molecule has 0 aliphatic carbocycles. The number of non-ortho nitro benzene ring substituents is 1. The third-order valence-corrected chi connectivity index (χ3v) is 3.34. The van der Waals surface area contributed by atoms with Gasteiger partial charge in [-0.15, -0.1) is 0 Å². The predicted octanol–water partition coefficient (Wildman–Crippen LogP) is 0.0426. The van der Waals surface area contributed by atoms with E-state index in [2.05, 4.69) is 9.97 Å². The number of pyridine rings is 1. The monoisotopic (exact) mass is 314 g/mol. The Morgan fingerprint density at radius 2 is 1.96 bits per heavy atom. The van der Waals surface area contributed by atoms with Crippen LogP contribution in [0, 0.1) is 10.1 Å². The molecule has 0 saturated carbocycles. The predicted molar refractivity (Wildman–Crippen MR) is 82.0 cm³/mol. The summed E-state index contributed by atoms with van der Waals surface area (Å²) >= 11 is 0. The van der Waals surface area contributed by atoms with E-state index in [1.807, 2.05) is 0 Å². The van der Waals surface area contributed by atoms with Crippen LogP contribution in [0.25, 0.3) is 11.0 Å². The standard InChI is InChI=1S/C14H11N5O4/c15-9-2-1-3-18(7-9)6-8-4-10(19(22)23)5-11-12(8)17-14(21)13(20)16-11/h1-5,7H,6,15H2,(H-,16,17,20,21)/p+1. The van der Waals surface area contributed by atoms with E-state index in [1.54, 1.807) is 29.1 Å². The van der Waals surface area contributed by atoms with Gasteiger partial charge < -0.3 is 15.7 Å². The zero-order valence-corrected chi connectivity index (χ0v) is 11.8. The van der Waals surface area contributed by atoms with E-state index in [9.17, 15) is 19.7 Å². The Morgan fingerprint density at radius 1 is 1.22 bits per heavy atom. The zero-order valence-electron chi connectivity index (χ0n) is 11.8. The first kappa shape index (κ1) is 14.4. The van der Waals surface area contributed by atoms with Gasteiger partial charge in [-0.25, -0.2) is 0 Å². The number of nitrogens with one attached hydrogen (secondary N) is 2. The molecule has 0 bridgehead atoms. The molecule has 0 atom stereocenters. The van der Waals surface area contributed by atoms with E-state index in [-0.39, 0.29) is 17.7 Å². The van der Waals surface area contributed by atoms with Gasteiger partial charge in [0.15, 0.2) is 18.9 Å². The fraction of sp³-hybridized carbons (Fsp3) is 0.0714. The van der Waals surface area contributed by atoms with E-state index in [0.29, 0.717) is 16.8 Å². The van der Waals surface area contributed by atoms with Crippen molar-refractivity contribution in [1.82, 2.24) is 9.97 Å². The summed E-state index contributed by atoms with van der Waals surface area (Å²) in [5.41, 5.74) is 5.41. The first-order chi connectivity index (χ1) is 10.9. The van der Waals surface area contributed by atoms with Crippen molar-refractivity contribution in [2.75, 3.05) is 5.73 Å². The molecule has 23 heavy (non-hydrogen) atoms. The van der Waals surface area contributed by atoms with Crippen molar-refractivity contribution < 1.29 is 9.49 Å². The van der Waals surface area contributed by atoms with Crippen LogP contribution in [-0.4, -0.2) is 14.9 Å². The second kappa shape index (κ2) is 5.37. The van der Waals surface area contributed by atoms with Crippen molar-refractivity contribution in [3.05, 3.63) is 73.0 Å². The average molecular weight is 314 g/mol. The maximum absolute atomic E-state index is 11.6. The van der Waals surface area contributed by atoms with Gasteiger partial charge in [0.25, 0.3) is 5.69 Å². The number of aromatic nitrogens is 3. The highest BCUT2D eigenvalue weighted by molar-refractivity contribution is 5.80. The van der Waals surface area contributed by atoms with Crippen LogP contribution in [0.3, 0.4) is 0 Å². The molecule has 0 aliphatic rings. The number of nitro benzene ring substituents is 1. The Hall–Kier alpha value is -3.49. The van der Waals surface area contributed by atoms with Crippen LogP contribution >= 0.6 is 0 Å². The average Bonchev–Trinajstić information content (AvgIpc) is 2.49. The summed E-state index contributed by atoms with van der Waals surface area (Å²) in [5.74, 6) is 0. The van der Waals surface area contributed by atoms with Crippen molar-refractivity contribution in [3.8, 4) is 0 Å². The van der Waals surface area contributed by atoms with E-state index < -0.39 is 16.0 Å². The first-order valence-corrected chi connectivity index (χ1v) is 6.62. The lowest BCUT2D eigenvalue weighted by Crippen LogP contribution is -2.35. The number of hydrogen-bond acceptors (Lipinski definition) is 5. The van der Waals surface area contributed by atoms with Crippen molar-refractivity contribution in [3.63, 3.8) is 0 Å². The minimum atomic E-state index is -0.861. The fourth-order valence-electron chi connectivity index (χ4n) is 2.35. The first-order valence-electron chi connectivity index (χ1n) is 6.62. The topological polar surface area (TPSA) is 139 Å². The smallest absolute Gasteiger partial charge is 0.314 e. The number of benzene rings is 1. The summed E-state index contributed by atoms with van der Waals surface area (Å²) in [6.45, 7) is 0.241. The van der Waals surface area contributed by atoms with E-state index >= 15 is 0 Å². The Morgan fingerprint density at radius 3 is 2.65 bits per heavy atom. The molecular weight excluding hydrogens is 302 g/mol. The maximum Gasteiger partial charge on any atom is 0.314 e. The summed E-state index contributed by atoms with van der Waals surface area (Å²) in [4.78, 5) is 38.3. The van der Waals surface area contributed by atoms with Gasteiger partial charge in [-0.2, -0.15) is 4.57 Å². The summed E-state index contributed by atoms with van der Waals surface area (Å²) in [5, 5.41) is 11.1. The maximum atomic E-state index is 11.6. The minimum absolute atomic E-state index is 0.181. The molecule has 0 unspecified atom stereocenters. The fourth-order valence-corrected chi connectivity index (χ4v) is 2.35. The molecule has 3 aromatic rings. The second-order valence-electron chi connectivity index (χ2n) is 5.00. The molecule has 3 rings (SSSR count). The lowest BCUT2D eigenvalue weighted by atomic mass is 10.1. The van der Waals surface area contributed by atoms with Gasteiger partial charge >= 0.3 is 11.1 Å². The lowest BCUT2D eigenvalue weighted by molar-refractivity contribution is -0.687. The van der Waals surface area contributed by atoms with Crippen LogP contribution in [0.1, 0.15) is 5.56 Å². The van der Waals surface area contributed by atoms with Gasteiger partial charge in [0.05, 0.1) is 21.6 Å². The minimum Gasteiger partial charge on any atom is -0.394 e. The second-order valence-corrected chi connectivity index (χ2v) is 5.00. The molecule has 9 heteroatoms. The quantitative estimate of drug-likeness (QED) is 0.271. The largest absolute Gasteiger partial charge is 0.394 e. The third kappa shape index (κ3) is 2.79. The molecule has 2 heterocycles. The molecular formula is C14H12N5O4+. The molecule has 0 saturated heterocycles. The van der Waals surface area contributed by atoms with Crippen molar-refractivity contribution in [1.29, 1.82) is 0 Å². The SMILES string of the molecule is Nc1ccc[n+](Cc2cc([N+](=O)[O-])cc3[nH]c(=O)c(=O)[nH]c23)c1. The Labute approximate surface area is 128 Å². The van der Waals surface area contributed by atoms with E-state index in [1.165, 1.54) is 12.1 Å². The van der Waals surface area contributed by atoms with Gasteiger partial charge in [0, 0.05) is 23.8 Å². The molecule has 0 fully saturated rings. The highest BCUT2D eigenvalue weighted by atomic mass is 16.6. The Kier molecular flexibility index (Phi) is 3.37. The van der Waals surface area contributed by atoms with E-state index in [0.717, 1.165) is 0 Å². The number of hydrogen-bond donors (Lipinski definition) is 3. The molecule has 2 aromatic heterocycles. The summed E-state index contributed by atoms with van der Waals surface area (Å²) in [6.07, 6.45) is 3.40. The number of anilines is 1. The highest BCUT2D eigenvalue weighted by Crippen LogP contribution is 2.21. The number of nitrogen functional groups attached to an aromatic ring is 1. The molecule has 116 valence electrons. The van der Waals surface area contributed by atoms with Gasteiger partial charge in [-0.1, -0.05) is 0 Å². The molecule has 4 N–H and O–H groups in total. The van der Waals surface area contributed by atoms with Crippen LogP contribution in [0.4, 0.5) is 11.4 Å². The van der Waals surface area contributed by atoms with Crippen LogP contribution in [0.2, 0.25) is 0 Å². The number of nitrogens with two attached hydrogens (primary N) is 1. The number of nitro groups is 1. The van der Waals surface area contributed by atoms with E-state index in [4.69, 9.17) is 5.73 Å². The Bertz CT molecular complexity index is 1040. The van der Waals surface area contributed by atoms with Gasteiger partial charge in [-0.3, -0.25) is 19.7 Å². The van der Waals surface area contributed by atoms with Crippen LogP contribution in [0.5, 0.6) is 0 Å². The van der Waals surface area contributed by atoms with Gasteiger partial charge in [0.1, 0.15) is 0 Å². The van der Waals surface area contributed by atoms with Gasteiger partial charge in [-0.05, 0) is 6.07 Å². The summed E-state index contributed by atoms with van der Waals surface area (Å²) < 4.78 is 1.72. The number of rotatable bonds is 3. The Balaban J connectivity index is 2.24. The molecule has 0 amide bonds. The summed E-state index contributed by atoms with van der Waals surface area (Å²) in [7, 11) is 0. The normalized spacial score (nSPS) is 10.8. The summed E-state index contributed by atoms with van der Waals surface area (Å²) in [6, 6.07) is 6.01. The highest BCUT2D eigenvalue weighted by Gasteiger charge is 2.16. The number of fused-ring (bicyclic) bond motifs is 1. The number of H-pyrrole nitrogens is 2. The van der Waals surface area contributed by atoms with Crippen molar-refractivity contribution in [2.45, 2.75) is 6.54 Å². The number of nitrogens with zero attached hydrogens (tertiary/aromatic N) is 2. The number of aromatic amines is 2. The molecule has 0 radical (unpaired) electrons. The van der Waals surface area contributed by atoms with Crippen molar-refractivity contribution in [2.24, 2.45) is 0 Å². The molecule has 0 aliphatic heterocycles. The van der Waals surface area contributed by atoms with Crippen LogP contribution in [-0.2, 0) is 6.54 Å². The van der Waals surface area contributed by atoms with Crippen LogP contribution < -0.4 is 21.4 Å². The van der Waals surface area contributed by atoms with Crippen LogP contribution in [0.15, 0.2) is 46.2 Å². The lowest BCUT2D eigenvalue weighted by Gasteiger charge is -2.04. The van der Waals surface area contributed by atoms with Crippen molar-refractivity contribution >= 4 is 22.4 Å².